The lowest BCUT2D eigenvalue weighted by Gasteiger charge is -2.23. The molecule has 0 bridgehead atoms. The second-order valence-electron chi connectivity index (χ2n) is 4.90. The first-order valence-corrected chi connectivity index (χ1v) is 7.26. The van der Waals surface area contributed by atoms with E-state index in [-0.39, 0.29) is 5.92 Å². The van der Waals surface area contributed by atoms with Crippen molar-refractivity contribution >= 4 is 11.6 Å². The summed E-state index contributed by atoms with van der Waals surface area (Å²) in [7, 11) is 0. The van der Waals surface area contributed by atoms with Crippen molar-refractivity contribution in [2.75, 3.05) is 6.54 Å². The largest absolute Gasteiger partial charge is 0.388 e. The molecule has 3 N–H and O–H groups in total. The molecule has 2 aromatic rings. The van der Waals surface area contributed by atoms with Crippen LogP contribution < -0.4 is 5.73 Å². The highest BCUT2D eigenvalue weighted by atomic mass is 35.5. The number of halogens is 1. The fraction of sp³-hybridized carbons (Fsp3) is 0.294. The number of rotatable bonds is 5. The monoisotopic (exact) mass is 289 g/mol. The molecule has 20 heavy (non-hydrogen) atoms. The molecule has 2 atom stereocenters. The molecule has 106 valence electrons. The van der Waals surface area contributed by atoms with Crippen molar-refractivity contribution in [3.63, 3.8) is 0 Å². The highest BCUT2D eigenvalue weighted by molar-refractivity contribution is 6.31. The Morgan fingerprint density at radius 1 is 1.10 bits per heavy atom. The van der Waals surface area contributed by atoms with Crippen molar-refractivity contribution < 1.29 is 5.11 Å². The Hall–Kier alpha value is -1.35. The van der Waals surface area contributed by atoms with E-state index in [4.69, 9.17) is 17.3 Å². The van der Waals surface area contributed by atoms with Crippen LogP contribution in [0.25, 0.3) is 0 Å². The summed E-state index contributed by atoms with van der Waals surface area (Å²) in [5, 5.41) is 11.2. The number of benzene rings is 2. The molecule has 0 aliphatic carbocycles. The number of aliphatic hydroxyl groups excluding tert-OH is 1. The van der Waals surface area contributed by atoms with Gasteiger partial charge in [0.2, 0.25) is 0 Å². The third-order valence-electron chi connectivity index (χ3n) is 3.67. The summed E-state index contributed by atoms with van der Waals surface area (Å²) in [6.07, 6.45) is 0.340. The van der Waals surface area contributed by atoms with Gasteiger partial charge in [0, 0.05) is 17.5 Å². The van der Waals surface area contributed by atoms with Gasteiger partial charge < -0.3 is 10.8 Å². The average Bonchev–Trinajstić information content (AvgIpc) is 2.50. The molecule has 0 aromatic heterocycles. The van der Waals surface area contributed by atoms with Gasteiger partial charge in [0.05, 0.1) is 6.10 Å². The van der Waals surface area contributed by atoms with Gasteiger partial charge in [-0.15, -0.1) is 0 Å². The van der Waals surface area contributed by atoms with Gasteiger partial charge in [-0.2, -0.15) is 0 Å². The standard InChI is InChI=1S/C17H20ClNO/c1-2-12-7-9-13(10-8-12)17(20)15(11-19)14-5-3-4-6-16(14)18/h3-10,15,17,20H,2,11,19H2,1H3. The molecule has 0 radical (unpaired) electrons. The number of nitrogens with two attached hydrogens (primary N) is 1. The van der Waals surface area contributed by atoms with Crippen molar-refractivity contribution in [2.45, 2.75) is 25.4 Å². The summed E-state index contributed by atoms with van der Waals surface area (Å²) in [5.41, 5.74) is 8.87. The first-order chi connectivity index (χ1) is 9.67. The summed E-state index contributed by atoms with van der Waals surface area (Å²) >= 11 is 6.21. The van der Waals surface area contributed by atoms with E-state index >= 15 is 0 Å². The average molecular weight is 290 g/mol. The molecule has 2 rings (SSSR count). The zero-order valence-corrected chi connectivity index (χ0v) is 12.3. The third kappa shape index (κ3) is 3.21. The number of aliphatic hydroxyl groups is 1. The van der Waals surface area contributed by atoms with Crippen LogP contribution in [0.15, 0.2) is 48.5 Å². The summed E-state index contributed by atoms with van der Waals surface area (Å²) in [6, 6.07) is 15.5. The minimum Gasteiger partial charge on any atom is -0.388 e. The van der Waals surface area contributed by atoms with Crippen molar-refractivity contribution in [1.82, 2.24) is 0 Å². The lowest BCUT2D eigenvalue weighted by Crippen LogP contribution is -2.20. The van der Waals surface area contributed by atoms with Crippen molar-refractivity contribution in [1.29, 1.82) is 0 Å². The maximum Gasteiger partial charge on any atom is 0.0871 e. The number of hydrogen-bond acceptors (Lipinski definition) is 2. The molecule has 0 aliphatic heterocycles. The van der Waals surface area contributed by atoms with Crippen LogP contribution in [0.4, 0.5) is 0 Å². The van der Waals surface area contributed by atoms with Crippen LogP contribution in [0.5, 0.6) is 0 Å². The van der Waals surface area contributed by atoms with Gasteiger partial charge in [0.15, 0.2) is 0 Å². The van der Waals surface area contributed by atoms with Crippen molar-refractivity contribution in [3.05, 3.63) is 70.2 Å². The van der Waals surface area contributed by atoms with Crippen molar-refractivity contribution in [2.24, 2.45) is 5.73 Å². The van der Waals surface area contributed by atoms with Crippen LogP contribution in [-0.2, 0) is 6.42 Å². The van der Waals surface area contributed by atoms with Crippen LogP contribution in [-0.4, -0.2) is 11.7 Å². The fourth-order valence-corrected chi connectivity index (χ4v) is 2.66. The van der Waals surface area contributed by atoms with Crippen LogP contribution >= 0.6 is 11.6 Å². The van der Waals surface area contributed by atoms with Gasteiger partial charge in [-0.25, -0.2) is 0 Å². The van der Waals surface area contributed by atoms with E-state index < -0.39 is 6.10 Å². The van der Waals surface area contributed by atoms with E-state index in [0.717, 1.165) is 17.5 Å². The summed E-state index contributed by atoms with van der Waals surface area (Å²) in [5.74, 6) is -0.198. The number of hydrogen-bond donors (Lipinski definition) is 2. The molecule has 0 saturated heterocycles. The molecule has 2 unspecified atom stereocenters. The minimum atomic E-state index is -0.647. The molecule has 3 heteroatoms. The Morgan fingerprint density at radius 2 is 1.75 bits per heavy atom. The summed E-state index contributed by atoms with van der Waals surface area (Å²) in [4.78, 5) is 0. The predicted octanol–water partition coefficient (Wildman–Crippen LogP) is 3.68. The van der Waals surface area contributed by atoms with E-state index in [2.05, 4.69) is 6.92 Å². The van der Waals surface area contributed by atoms with E-state index in [1.165, 1.54) is 5.56 Å². The van der Waals surface area contributed by atoms with Gasteiger partial charge in [0.1, 0.15) is 0 Å². The third-order valence-corrected chi connectivity index (χ3v) is 4.01. The zero-order valence-electron chi connectivity index (χ0n) is 11.6. The lowest BCUT2D eigenvalue weighted by atomic mass is 9.89. The maximum absolute atomic E-state index is 10.6. The molecule has 0 amide bonds. The van der Waals surface area contributed by atoms with E-state index in [9.17, 15) is 5.11 Å². The van der Waals surface area contributed by atoms with Gasteiger partial charge >= 0.3 is 0 Å². The normalized spacial score (nSPS) is 14.0. The van der Waals surface area contributed by atoms with Crippen molar-refractivity contribution in [3.8, 4) is 0 Å². The molecule has 2 aromatic carbocycles. The molecule has 0 fully saturated rings. The van der Waals surface area contributed by atoms with Gasteiger partial charge in [-0.3, -0.25) is 0 Å². The zero-order chi connectivity index (χ0) is 14.5. The van der Waals surface area contributed by atoms with Gasteiger partial charge in [-0.1, -0.05) is 61.0 Å². The van der Waals surface area contributed by atoms with Gasteiger partial charge in [-0.05, 0) is 29.2 Å². The maximum atomic E-state index is 10.6. The Kier molecular flexibility index (Phi) is 5.18. The Morgan fingerprint density at radius 3 is 2.30 bits per heavy atom. The van der Waals surface area contributed by atoms with Crippen LogP contribution in [0.1, 0.15) is 35.6 Å². The molecule has 0 aliphatic rings. The second kappa shape index (κ2) is 6.89. The minimum absolute atomic E-state index is 0.198. The molecule has 0 saturated carbocycles. The predicted molar refractivity (Wildman–Crippen MR) is 84.0 cm³/mol. The van der Waals surface area contributed by atoms with E-state index in [1.54, 1.807) is 0 Å². The molecular formula is C17H20ClNO. The quantitative estimate of drug-likeness (QED) is 0.882. The topological polar surface area (TPSA) is 46.2 Å². The Labute approximate surface area is 125 Å². The van der Waals surface area contributed by atoms with Crippen LogP contribution in [0.2, 0.25) is 5.02 Å². The van der Waals surface area contributed by atoms with E-state index in [1.807, 2.05) is 48.5 Å². The SMILES string of the molecule is CCc1ccc(C(O)C(CN)c2ccccc2Cl)cc1. The Bertz CT molecular complexity index is 553. The highest BCUT2D eigenvalue weighted by Gasteiger charge is 2.23. The molecule has 2 nitrogen and oxygen atoms in total. The molecular weight excluding hydrogens is 270 g/mol. The highest BCUT2D eigenvalue weighted by Crippen LogP contribution is 2.34. The Balaban J connectivity index is 2.28. The number of aryl methyl sites for hydroxylation is 1. The fourth-order valence-electron chi connectivity index (χ4n) is 2.38. The second-order valence-corrected chi connectivity index (χ2v) is 5.31. The van der Waals surface area contributed by atoms with Crippen LogP contribution in [0.3, 0.4) is 0 Å². The van der Waals surface area contributed by atoms with Crippen LogP contribution in [0, 0.1) is 0 Å². The first kappa shape index (κ1) is 15.0. The molecule has 0 spiro atoms. The van der Waals surface area contributed by atoms with E-state index in [0.29, 0.717) is 11.6 Å². The molecule has 0 heterocycles. The smallest absolute Gasteiger partial charge is 0.0871 e. The van der Waals surface area contributed by atoms with Gasteiger partial charge in [0.25, 0.3) is 0 Å². The lowest BCUT2D eigenvalue weighted by molar-refractivity contribution is 0.147. The first-order valence-electron chi connectivity index (χ1n) is 6.88. The summed E-state index contributed by atoms with van der Waals surface area (Å²) < 4.78 is 0. The summed E-state index contributed by atoms with van der Waals surface area (Å²) in [6.45, 7) is 2.46.